The third-order valence-corrected chi connectivity index (χ3v) is 6.33. The topological polar surface area (TPSA) is 149 Å². The number of methoxy groups -OCH3 is 1. The maximum Gasteiger partial charge on any atom is 0.332 e. The Balaban J connectivity index is 1.62. The third-order valence-electron chi connectivity index (χ3n) is 6.33. The van der Waals surface area contributed by atoms with E-state index in [-0.39, 0.29) is 28.6 Å². The van der Waals surface area contributed by atoms with E-state index in [0.717, 1.165) is 25.7 Å². The summed E-state index contributed by atoms with van der Waals surface area (Å²) >= 11 is 0. The summed E-state index contributed by atoms with van der Waals surface area (Å²) in [7, 11) is 2.92. The number of nitrogens with zero attached hydrogens (tertiary/aromatic N) is 3. The Morgan fingerprint density at radius 2 is 1.73 bits per heavy atom. The number of fused-ring (bicyclic) bond motifs is 1. The molecule has 0 aliphatic rings. The molecule has 0 aliphatic heterocycles. The average Bonchev–Trinajstić information content (AvgIpc) is 3.32. The van der Waals surface area contributed by atoms with E-state index in [1.807, 2.05) is 6.92 Å². The molecule has 216 valence electrons. The maximum atomic E-state index is 13.4. The molecule has 0 saturated carbocycles. The van der Waals surface area contributed by atoms with Crippen molar-refractivity contribution in [1.82, 2.24) is 30.3 Å². The van der Waals surface area contributed by atoms with Gasteiger partial charge in [0.25, 0.3) is 5.91 Å². The molecule has 4 rings (SSSR count). The lowest BCUT2D eigenvalue weighted by Crippen LogP contribution is -2.26. The van der Waals surface area contributed by atoms with Crippen LogP contribution in [-0.2, 0) is 9.63 Å². The van der Waals surface area contributed by atoms with Gasteiger partial charge < -0.3 is 19.8 Å². The van der Waals surface area contributed by atoms with Crippen LogP contribution < -0.4 is 26.0 Å². The van der Waals surface area contributed by atoms with E-state index in [4.69, 9.17) is 14.5 Å². The highest BCUT2D eigenvalue weighted by atomic mass is 16.6. The molecule has 2 heterocycles. The smallest absolute Gasteiger partial charge is 0.332 e. The van der Waals surface area contributed by atoms with E-state index in [1.165, 1.54) is 18.8 Å². The quantitative estimate of drug-likeness (QED) is 0.156. The summed E-state index contributed by atoms with van der Waals surface area (Å²) in [5.74, 6) is 0.857. The number of hydrogen-bond acceptors (Lipinski definition) is 8. The molecule has 0 fully saturated rings. The van der Waals surface area contributed by atoms with Crippen molar-refractivity contribution in [3.8, 4) is 28.6 Å². The summed E-state index contributed by atoms with van der Waals surface area (Å²) in [4.78, 5) is 54.7. The van der Waals surface area contributed by atoms with Crippen molar-refractivity contribution in [1.29, 1.82) is 0 Å². The van der Waals surface area contributed by atoms with Crippen molar-refractivity contribution in [2.45, 2.75) is 39.0 Å². The SMILES string of the molecule is CCOc1ccc(-c2nc(C(=O)NCCCCCCC(=O)NOC)c3[nH]c(=O)n(-c4ccccc4OC)c3n2)cc1. The minimum atomic E-state index is -0.478. The first-order valence-corrected chi connectivity index (χ1v) is 13.5. The number of nitrogens with one attached hydrogen (secondary N) is 3. The van der Waals surface area contributed by atoms with E-state index in [2.05, 4.69) is 25.6 Å². The molecule has 12 nitrogen and oxygen atoms in total. The second kappa shape index (κ2) is 14.1. The molecule has 2 amide bonds. The summed E-state index contributed by atoms with van der Waals surface area (Å²) in [5, 5.41) is 2.90. The number of carbonyl (C=O) groups is 2. The van der Waals surface area contributed by atoms with Crippen LogP contribution >= 0.6 is 0 Å². The number of rotatable bonds is 14. The number of aromatic nitrogens is 4. The van der Waals surface area contributed by atoms with Gasteiger partial charge in [0.15, 0.2) is 17.2 Å². The predicted molar refractivity (Wildman–Crippen MR) is 153 cm³/mol. The molecule has 0 radical (unpaired) electrons. The second-order valence-corrected chi connectivity index (χ2v) is 9.14. The van der Waals surface area contributed by atoms with Crippen molar-refractivity contribution in [2.24, 2.45) is 0 Å². The first-order valence-electron chi connectivity index (χ1n) is 13.5. The standard InChI is InChI=1S/C29H34N6O6/c1-4-41-20-16-14-19(15-17-20)26-31-25(28(37)30-18-10-6-5-7-13-23(36)34-40-3)24-27(33-26)35(29(38)32-24)21-11-8-9-12-22(21)39-2/h8-9,11-12,14-17H,4-7,10,13,18H2,1-3H3,(H,30,37)(H,32,38)(H,34,36). The van der Waals surface area contributed by atoms with E-state index in [0.29, 0.717) is 42.3 Å². The van der Waals surface area contributed by atoms with Crippen LogP contribution in [0.25, 0.3) is 28.2 Å². The molecular weight excluding hydrogens is 528 g/mol. The molecule has 0 saturated heterocycles. The molecule has 0 aliphatic carbocycles. The molecular formula is C29H34N6O6. The lowest BCUT2D eigenvalue weighted by atomic mass is 10.1. The monoisotopic (exact) mass is 562 g/mol. The third kappa shape index (κ3) is 7.09. The van der Waals surface area contributed by atoms with Crippen molar-refractivity contribution in [3.63, 3.8) is 0 Å². The Labute approximate surface area is 237 Å². The summed E-state index contributed by atoms with van der Waals surface area (Å²) < 4.78 is 12.4. The fourth-order valence-electron chi connectivity index (χ4n) is 4.40. The Bertz CT molecular complexity index is 1550. The fourth-order valence-corrected chi connectivity index (χ4v) is 4.40. The first-order chi connectivity index (χ1) is 20.0. The van der Waals surface area contributed by atoms with Gasteiger partial charge in [0, 0.05) is 18.5 Å². The van der Waals surface area contributed by atoms with Crippen LogP contribution in [0.3, 0.4) is 0 Å². The van der Waals surface area contributed by atoms with Crippen molar-refractivity contribution < 1.29 is 23.9 Å². The van der Waals surface area contributed by atoms with E-state index >= 15 is 0 Å². The van der Waals surface area contributed by atoms with Crippen molar-refractivity contribution in [2.75, 3.05) is 27.4 Å². The Hall–Kier alpha value is -4.71. The number of hydroxylamine groups is 1. The van der Waals surface area contributed by atoms with Crippen LogP contribution in [0.1, 0.15) is 49.5 Å². The van der Waals surface area contributed by atoms with Crippen LogP contribution in [0.2, 0.25) is 0 Å². The van der Waals surface area contributed by atoms with Crippen LogP contribution in [0.4, 0.5) is 0 Å². The zero-order valence-corrected chi connectivity index (χ0v) is 23.4. The molecule has 4 aromatic rings. The highest BCUT2D eigenvalue weighted by molar-refractivity contribution is 6.03. The number of hydrogen-bond donors (Lipinski definition) is 3. The van der Waals surface area contributed by atoms with Gasteiger partial charge in [0.05, 0.1) is 26.5 Å². The Kier molecular flexibility index (Phi) is 10.1. The van der Waals surface area contributed by atoms with Crippen molar-refractivity contribution >= 4 is 23.0 Å². The number of carbonyl (C=O) groups excluding carboxylic acids is 2. The molecule has 2 aromatic carbocycles. The lowest BCUT2D eigenvalue weighted by molar-refractivity contribution is -0.131. The molecule has 0 spiro atoms. The molecule has 3 N–H and O–H groups in total. The van der Waals surface area contributed by atoms with Gasteiger partial charge in [0.2, 0.25) is 5.91 Å². The fraction of sp³-hybridized carbons (Fsp3) is 0.345. The van der Waals surface area contributed by atoms with Crippen LogP contribution in [0, 0.1) is 0 Å². The molecule has 0 unspecified atom stereocenters. The summed E-state index contributed by atoms with van der Waals surface area (Å²) in [6.45, 7) is 2.84. The predicted octanol–water partition coefficient (Wildman–Crippen LogP) is 3.54. The highest BCUT2D eigenvalue weighted by Crippen LogP contribution is 2.27. The highest BCUT2D eigenvalue weighted by Gasteiger charge is 2.23. The van der Waals surface area contributed by atoms with Gasteiger partial charge in [0.1, 0.15) is 17.0 Å². The molecule has 2 aromatic heterocycles. The normalized spacial score (nSPS) is 10.9. The number of aromatic amines is 1. The Morgan fingerprint density at radius 1 is 0.976 bits per heavy atom. The van der Waals surface area contributed by atoms with E-state index in [9.17, 15) is 14.4 Å². The number of unbranched alkanes of at least 4 members (excludes halogenated alkanes) is 3. The first kappa shape index (κ1) is 29.3. The number of para-hydroxylation sites is 2. The average molecular weight is 563 g/mol. The van der Waals surface area contributed by atoms with Gasteiger partial charge in [-0.15, -0.1) is 0 Å². The number of imidazole rings is 1. The summed E-state index contributed by atoms with van der Waals surface area (Å²) in [6, 6.07) is 14.3. The van der Waals surface area contributed by atoms with Gasteiger partial charge in [-0.25, -0.2) is 24.8 Å². The minimum absolute atomic E-state index is 0.0564. The van der Waals surface area contributed by atoms with Gasteiger partial charge in [-0.2, -0.15) is 0 Å². The van der Waals surface area contributed by atoms with Crippen LogP contribution in [0.15, 0.2) is 53.3 Å². The molecule has 0 bridgehead atoms. The number of amides is 2. The zero-order valence-electron chi connectivity index (χ0n) is 23.4. The molecule has 0 atom stereocenters. The van der Waals surface area contributed by atoms with Crippen molar-refractivity contribution in [3.05, 3.63) is 64.7 Å². The Morgan fingerprint density at radius 3 is 2.46 bits per heavy atom. The maximum absolute atomic E-state index is 13.4. The minimum Gasteiger partial charge on any atom is -0.495 e. The number of benzene rings is 2. The second-order valence-electron chi connectivity index (χ2n) is 9.14. The molecule has 41 heavy (non-hydrogen) atoms. The zero-order chi connectivity index (χ0) is 29.2. The largest absolute Gasteiger partial charge is 0.495 e. The molecule has 12 heteroatoms. The van der Waals surface area contributed by atoms with Crippen LogP contribution in [-0.4, -0.2) is 58.7 Å². The van der Waals surface area contributed by atoms with Crippen LogP contribution in [0.5, 0.6) is 11.5 Å². The van der Waals surface area contributed by atoms with Gasteiger partial charge >= 0.3 is 5.69 Å². The van der Waals surface area contributed by atoms with E-state index in [1.54, 1.807) is 48.5 Å². The lowest BCUT2D eigenvalue weighted by Gasteiger charge is -2.11. The number of ether oxygens (including phenoxy) is 2. The van der Waals surface area contributed by atoms with Gasteiger partial charge in [-0.05, 0) is 56.2 Å². The van der Waals surface area contributed by atoms with Gasteiger partial charge in [-0.3, -0.25) is 14.4 Å². The summed E-state index contributed by atoms with van der Waals surface area (Å²) in [5.41, 5.74) is 3.48. The number of H-pyrrole nitrogens is 1. The summed E-state index contributed by atoms with van der Waals surface area (Å²) in [6.07, 6.45) is 3.49. The van der Waals surface area contributed by atoms with Gasteiger partial charge in [-0.1, -0.05) is 25.0 Å². The van der Waals surface area contributed by atoms with E-state index < -0.39 is 11.6 Å².